The standard InChI is InChI=1S/C13H25N4O2P/c1-9(2)20(10(3)4)8-19-6-5-17-12(18)7-11(14)16-13(17)15/h7,9-10H,5-6,8,14H2,1-4H3,(H2,15,16). The minimum absolute atomic E-state index is 0.133. The van der Waals surface area contributed by atoms with E-state index in [-0.39, 0.29) is 25.2 Å². The van der Waals surface area contributed by atoms with E-state index in [2.05, 4.69) is 32.7 Å². The second-order valence-corrected chi connectivity index (χ2v) is 8.62. The third kappa shape index (κ3) is 4.76. The summed E-state index contributed by atoms with van der Waals surface area (Å²) in [5.41, 5.74) is 12.2. The molecule has 0 fully saturated rings. The predicted octanol–water partition coefficient (Wildman–Crippen LogP) is 1.68. The molecule has 1 rings (SSSR count). The number of anilines is 2. The fraction of sp³-hybridized carbons (Fsp3) is 0.692. The number of aromatic nitrogens is 2. The minimum Gasteiger partial charge on any atom is -0.383 e. The first kappa shape index (κ1) is 16.9. The van der Waals surface area contributed by atoms with Crippen LogP contribution in [-0.4, -0.2) is 33.8 Å². The maximum atomic E-state index is 11.7. The number of hydrogen-bond donors (Lipinski definition) is 2. The van der Waals surface area contributed by atoms with E-state index in [1.807, 2.05) is 0 Å². The van der Waals surface area contributed by atoms with Crippen molar-refractivity contribution in [1.82, 2.24) is 9.55 Å². The van der Waals surface area contributed by atoms with Crippen LogP contribution in [0.1, 0.15) is 27.7 Å². The Balaban J connectivity index is 2.51. The first-order valence-electron chi connectivity index (χ1n) is 6.79. The van der Waals surface area contributed by atoms with Crippen LogP contribution in [0.3, 0.4) is 0 Å². The van der Waals surface area contributed by atoms with Crippen molar-refractivity contribution in [2.75, 3.05) is 24.4 Å². The van der Waals surface area contributed by atoms with E-state index in [1.165, 1.54) is 10.6 Å². The summed E-state index contributed by atoms with van der Waals surface area (Å²) >= 11 is 0. The summed E-state index contributed by atoms with van der Waals surface area (Å²) in [7, 11) is -0.156. The van der Waals surface area contributed by atoms with Crippen LogP contribution in [-0.2, 0) is 11.3 Å². The van der Waals surface area contributed by atoms with Crippen LogP contribution in [0.4, 0.5) is 11.8 Å². The van der Waals surface area contributed by atoms with Crippen molar-refractivity contribution in [2.24, 2.45) is 0 Å². The molecule has 20 heavy (non-hydrogen) atoms. The van der Waals surface area contributed by atoms with Gasteiger partial charge in [0, 0.05) is 6.07 Å². The molecule has 0 atom stereocenters. The zero-order valence-electron chi connectivity index (χ0n) is 12.7. The van der Waals surface area contributed by atoms with Crippen molar-refractivity contribution >= 4 is 19.7 Å². The smallest absolute Gasteiger partial charge is 0.257 e. The number of hydrogen-bond acceptors (Lipinski definition) is 5. The molecule has 0 aliphatic carbocycles. The molecule has 0 saturated carbocycles. The Labute approximate surface area is 121 Å². The summed E-state index contributed by atoms with van der Waals surface area (Å²) in [5, 5.41) is 0. The maximum absolute atomic E-state index is 11.7. The van der Waals surface area contributed by atoms with Crippen LogP contribution in [0, 0.1) is 0 Å². The number of ether oxygens (including phenoxy) is 1. The molecule has 0 aromatic carbocycles. The van der Waals surface area contributed by atoms with Crippen molar-refractivity contribution in [3.05, 3.63) is 16.4 Å². The molecule has 6 nitrogen and oxygen atoms in total. The zero-order valence-corrected chi connectivity index (χ0v) is 13.6. The van der Waals surface area contributed by atoms with Crippen molar-refractivity contribution in [3.8, 4) is 0 Å². The molecule has 4 N–H and O–H groups in total. The fourth-order valence-electron chi connectivity index (χ4n) is 1.99. The molecule has 0 radical (unpaired) electrons. The van der Waals surface area contributed by atoms with Gasteiger partial charge in [-0.1, -0.05) is 35.6 Å². The van der Waals surface area contributed by atoms with E-state index < -0.39 is 0 Å². The SMILES string of the molecule is CC(C)P(COCCn1c(N)nc(N)cc1=O)C(C)C. The summed E-state index contributed by atoms with van der Waals surface area (Å²) in [4.78, 5) is 15.6. The van der Waals surface area contributed by atoms with E-state index in [0.717, 1.165) is 6.35 Å². The second kappa shape index (κ2) is 7.60. The molecule has 0 unspecified atom stereocenters. The Morgan fingerprint density at radius 3 is 2.40 bits per heavy atom. The van der Waals surface area contributed by atoms with Crippen LogP contribution < -0.4 is 17.0 Å². The van der Waals surface area contributed by atoms with Gasteiger partial charge in [0.25, 0.3) is 5.56 Å². The van der Waals surface area contributed by atoms with Gasteiger partial charge < -0.3 is 16.2 Å². The molecular weight excluding hydrogens is 275 g/mol. The van der Waals surface area contributed by atoms with Gasteiger partial charge in [-0.15, -0.1) is 0 Å². The molecule has 0 bridgehead atoms. The first-order valence-corrected chi connectivity index (χ1v) is 8.45. The van der Waals surface area contributed by atoms with Gasteiger partial charge in [-0.3, -0.25) is 9.36 Å². The molecule has 0 amide bonds. The molecule has 1 aromatic rings. The van der Waals surface area contributed by atoms with Crippen molar-refractivity contribution in [2.45, 2.75) is 45.6 Å². The van der Waals surface area contributed by atoms with Gasteiger partial charge in [0.1, 0.15) is 5.82 Å². The van der Waals surface area contributed by atoms with Crippen LogP contribution in [0.2, 0.25) is 0 Å². The molecule has 0 spiro atoms. The summed E-state index contributed by atoms with van der Waals surface area (Å²) in [6.07, 6.45) is 0.752. The van der Waals surface area contributed by atoms with Crippen LogP contribution in [0.15, 0.2) is 10.9 Å². The third-order valence-electron chi connectivity index (χ3n) is 3.08. The largest absolute Gasteiger partial charge is 0.383 e. The fourth-order valence-corrected chi connectivity index (χ4v) is 4.12. The molecule has 0 aliphatic rings. The molecule has 0 aliphatic heterocycles. The Morgan fingerprint density at radius 2 is 1.90 bits per heavy atom. The maximum Gasteiger partial charge on any atom is 0.257 e. The van der Waals surface area contributed by atoms with Gasteiger partial charge in [-0.25, -0.2) is 0 Å². The monoisotopic (exact) mass is 300 g/mol. The van der Waals surface area contributed by atoms with E-state index in [9.17, 15) is 4.79 Å². The highest BCUT2D eigenvalue weighted by Gasteiger charge is 2.16. The van der Waals surface area contributed by atoms with Crippen molar-refractivity contribution < 1.29 is 4.74 Å². The van der Waals surface area contributed by atoms with E-state index in [0.29, 0.717) is 24.5 Å². The predicted molar refractivity (Wildman–Crippen MR) is 85.3 cm³/mol. The lowest BCUT2D eigenvalue weighted by Crippen LogP contribution is -2.26. The Hall–Kier alpha value is -1.13. The van der Waals surface area contributed by atoms with Crippen LogP contribution in [0.25, 0.3) is 0 Å². The number of nitrogen functional groups attached to an aromatic ring is 2. The van der Waals surface area contributed by atoms with Crippen LogP contribution in [0.5, 0.6) is 0 Å². The summed E-state index contributed by atoms with van der Waals surface area (Å²) in [6.45, 7) is 9.75. The lowest BCUT2D eigenvalue weighted by molar-refractivity contribution is 0.168. The highest BCUT2D eigenvalue weighted by molar-refractivity contribution is 7.58. The van der Waals surface area contributed by atoms with E-state index in [1.54, 1.807) is 0 Å². The molecule has 1 heterocycles. The quantitative estimate of drug-likeness (QED) is 0.590. The number of nitrogens with zero attached hydrogens (tertiary/aromatic N) is 2. The highest BCUT2D eigenvalue weighted by Crippen LogP contribution is 2.45. The lowest BCUT2D eigenvalue weighted by atomic mass is 10.5. The van der Waals surface area contributed by atoms with Gasteiger partial charge in [0.15, 0.2) is 0 Å². The third-order valence-corrected chi connectivity index (χ3v) is 6.22. The number of rotatable bonds is 7. The number of nitrogens with two attached hydrogens (primary N) is 2. The Bertz CT molecular complexity index is 480. The van der Waals surface area contributed by atoms with Gasteiger partial charge in [0.05, 0.1) is 19.5 Å². The average molecular weight is 300 g/mol. The van der Waals surface area contributed by atoms with Gasteiger partial charge in [0.2, 0.25) is 5.95 Å². The minimum atomic E-state index is -0.242. The molecule has 7 heteroatoms. The van der Waals surface area contributed by atoms with Crippen LogP contribution >= 0.6 is 7.92 Å². The summed E-state index contributed by atoms with van der Waals surface area (Å²) < 4.78 is 7.10. The van der Waals surface area contributed by atoms with E-state index >= 15 is 0 Å². The van der Waals surface area contributed by atoms with E-state index in [4.69, 9.17) is 16.2 Å². The summed E-state index contributed by atoms with van der Waals surface area (Å²) in [5.74, 6) is 0.279. The molecule has 0 saturated heterocycles. The Kier molecular flexibility index (Phi) is 6.43. The van der Waals surface area contributed by atoms with Gasteiger partial charge in [-0.2, -0.15) is 4.98 Å². The Morgan fingerprint density at radius 1 is 1.30 bits per heavy atom. The van der Waals surface area contributed by atoms with Gasteiger partial charge in [-0.05, 0) is 11.3 Å². The van der Waals surface area contributed by atoms with Crippen molar-refractivity contribution in [3.63, 3.8) is 0 Å². The lowest BCUT2D eigenvalue weighted by Gasteiger charge is -2.25. The molecule has 1 aromatic heterocycles. The summed E-state index contributed by atoms with van der Waals surface area (Å²) in [6, 6.07) is 1.27. The molecule has 114 valence electrons. The van der Waals surface area contributed by atoms with Gasteiger partial charge >= 0.3 is 0 Å². The van der Waals surface area contributed by atoms with Crippen molar-refractivity contribution in [1.29, 1.82) is 0 Å². The first-order chi connectivity index (χ1) is 9.32. The topological polar surface area (TPSA) is 96.2 Å². The normalized spacial score (nSPS) is 11.8. The zero-order chi connectivity index (χ0) is 15.3. The highest BCUT2D eigenvalue weighted by atomic mass is 31.1. The second-order valence-electron chi connectivity index (χ2n) is 5.27. The molecular formula is C13H25N4O2P. The average Bonchev–Trinajstić information content (AvgIpc) is 2.30.